The number of ether oxygens (including phenoxy) is 1. The number of rotatable bonds is 8. The molecule has 1 rings (SSSR count). The Bertz CT molecular complexity index is 287. The van der Waals surface area contributed by atoms with E-state index < -0.39 is 0 Å². The molecule has 0 spiro atoms. The van der Waals surface area contributed by atoms with Crippen molar-refractivity contribution in [2.45, 2.75) is 33.4 Å². The Morgan fingerprint density at radius 2 is 2.38 bits per heavy atom. The lowest BCUT2D eigenvalue weighted by Gasteiger charge is -2.06. The molecule has 16 heavy (non-hydrogen) atoms. The summed E-state index contributed by atoms with van der Waals surface area (Å²) >= 11 is 0. The first kappa shape index (κ1) is 13.1. The van der Waals surface area contributed by atoms with Crippen LogP contribution in [0.15, 0.2) is 6.20 Å². The fraction of sp³-hybridized carbons (Fsp3) is 0.818. The molecule has 1 heterocycles. The fourth-order valence-corrected chi connectivity index (χ4v) is 1.35. The van der Waals surface area contributed by atoms with E-state index in [9.17, 15) is 0 Å². The molecule has 5 nitrogen and oxygen atoms in total. The molecular weight excluding hydrogens is 204 g/mol. The average Bonchev–Trinajstić information content (AvgIpc) is 2.72. The van der Waals surface area contributed by atoms with Gasteiger partial charge >= 0.3 is 0 Å². The first-order valence-electron chi connectivity index (χ1n) is 5.85. The van der Waals surface area contributed by atoms with E-state index in [0.29, 0.717) is 5.92 Å². The maximum Gasteiger partial charge on any atom is 0.0964 e. The highest BCUT2D eigenvalue weighted by atomic mass is 16.5. The van der Waals surface area contributed by atoms with Crippen LogP contribution >= 0.6 is 0 Å². The van der Waals surface area contributed by atoms with E-state index in [-0.39, 0.29) is 0 Å². The van der Waals surface area contributed by atoms with Crippen LogP contribution in [-0.2, 0) is 17.8 Å². The molecule has 1 atom stereocenters. The largest absolute Gasteiger partial charge is 0.383 e. The molecule has 0 aliphatic carbocycles. The predicted molar refractivity (Wildman–Crippen MR) is 63.1 cm³/mol. The van der Waals surface area contributed by atoms with Gasteiger partial charge in [0.15, 0.2) is 0 Å². The summed E-state index contributed by atoms with van der Waals surface area (Å²) in [5, 5.41) is 11.5. The Balaban J connectivity index is 2.28. The number of aromatic nitrogens is 3. The van der Waals surface area contributed by atoms with Crippen molar-refractivity contribution >= 4 is 0 Å². The van der Waals surface area contributed by atoms with Crippen LogP contribution in [0, 0.1) is 5.92 Å². The molecule has 1 unspecified atom stereocenters. The first-order valence-corrected chi connectivity index (χ1v) is 5.85. The van der Waals surface area contributed by atoms with Crippen LogP contribution in [0.3, 0.4) is 0 Å². The number of hydrogen-bond acceptors (Lipinski definition) is 4. The molecule has 0 aliphatic heterocycles. The highest BCUT2D eigenvalue weighted by Gasteiger charge is 2.03. The Morgan fingerprint density at radius 1 is 1.56 bits per heavy atom. The monoisotopic (exact) mass is 226 g/mol. The van der Waals surface area contributed by atoms with Gasteiger partial charge in [0, 0.05) is 32.9 Å². The van der Waals surface area contributed by atoms with Gasteiger partial charge in [0.2, 0.25) is 0 Å². The summed E-state index contributed by atoms with van der Waals surface area (Å²) in [6.07, 6.45) is 3.17. The lowest BCUT2D eigenvalue weighted by molar-refractivity contribution is 0.199. The van der Waals surface area contributed by atoms with E-state index in [4.69, 9.17) is 4.74 Å². The highest BCUT2D eigenvalue weighted by molar-refractivity contribution is 4.91. The van der Waals surface area contributed by atoms with Crippen LogP contribution in [0.5, 0.6) is 0 Å². The average molecular weight is 226 g/mol. The van der Waals surface area contributed by atoms with Crippen LogP contribution < -0.4 is 5.32 Å². The van der Waals surface area contributed by atoms with Gasteiger partial charge in [-0.15, -0.1) is 5.10 Å². The Labute approximate surface area is 97.2 Å². The van der Waals surface area contributed by atoms with Gasteiger partial charge in [-0.1, -0.05) is 25.5 Å². The van der Waals surface area contributed by atoms with E-state index in [1.807, 2.05) is 10.9 Å². The van der Waals surface area contributed by atoms with Crippen molar-refractivity contribution in [3.8, 4) is 0 Å². The van der Waals surface area contributed by atoms with Crippen LogP contribution in [0.2, 0.25) is 0 Å². The molecule has 0 radical (unpaired) electrons. The van der Waals surface area contributed by atoms with E-state index >= 15 is 0 Å². The van der Waals surface area contributed by atoms with Crippen molar-refractivity contribution in [2.24, 2.45) is 5.92 Å². The van der Waals surface area contributed by atoms with Gasteiger partial charge in [0.25, 0.3) is 0 Å². The number of methoxy groups -OCH3 is 1. The lowest BCUT2D eigenvalue weighted by atomic mass is 10.1. The van der Waals surface area contributed by atoms with Crippen molar-refractivity contribution in [3.63, 3.8) is 0 Å². The van der Waals surface area contributed by atoms with E-state index in [2.05, 4.69) is 29.5 Å². The van der Waals surface area contributed by atoms with Crippen LogP contribution in [-0.4, -0.2) is 35.3 Å². The topological polar surface area (TPSA) is 52.0 Å². The Hall–Kier alpha value is -0.940. The number of nitrogens with one attached hydrogen (secondary N) is 1. The zero-order valence-electron chi connectivity index (χ0n) is 10.4. The van der Waals surface area contributed by atoms with E-state index in [1.54, 1.807) is 7.11 Å². The summed E-state index contributed by atoms with van der Waals surface area (Å²) < 4.78 is 6.87. The molecule has 0 saturated carbocycles. The zero-order valence-corrected chi connectivity index (χ0v) is 10.4. The summed E-state index contributed by atoms with van der Waals surface area (Å²) in [5.41, 5.74) is 0.986. The fourth-order valence-electron chi connectivity index (χ4n) is 1.35. The standard InChI is InChI=1S/C11H22N4O/c1-4-10(2)8-15-9-11(13-14-15)7-12-5-6-16-3/h9-10,12H,4-8H2,1-3H3. The van der Waals surface area contributed by atoms with Crippen molar-refractivity contribution in [2.75, 3.05) is 20.3 Å². The molecule has 0 aliphatic rings. The minimum absolute atomic E-state index is 0.649. The molecule has 1 N–H and O–H groups in total. The lowest BCUT2D eigenvalue weighted by Crippen LogP contribution is -2.18. The Kier molecular flexibility index (Phi) is 6.03. The summed E-state index contributed by atoms with van der Waals surface area (Å²) in [6, 6.07) is 0. The number of nitrogens with zero attached hydrogens (tertiary/aromatic N) is 3. The molecule has 1 aromatic heterocycles. The molecule has 0 saturated heterocycles. The smallest absolute Gasteiger partial charge is 0.0964 e. The predicted octanol–water partition coefficient (Wildman–Crippen LogP) is 1.06. The van der Waals surface area contributed by atoms with Gasteiger partial charge in [-0.3, -0.25) is 4.68 Å². The summed E-state index contributed by atoms with van der Waals surface area (Å²) in [7, 11) is 1.70. The molecule has 92 valence electrons. The summed E-state index contributed by atoms with van der Waals surface area (Å²) in [5.74, 6) is 0.649. The van der Waals surface area contributed by atoms with Gasteiger partial charge in [-0.05, 0) is 5.92 Å². The third-order valence-electron chi connectivity index (χ3n) is 2.57. The maximum atomic E-state index is 4.95. The third kappa shape index (κ3) is 4.72. The molecular formula is C11H22N4O. The van der Waals surface area contributed by atoms with Crippen molar-refractivity contribution in [1.82, 2.24) is 20.3 Å². The minimum atomic E-state index is 0.649. The van der Waals surface area contributed by atoms with E-state index in [1.165, 1.54) is 6.42 Å². The molecule has 0 amide bonds. The minimum Gasteiger partial charge on any atom is -0.383 e. The molecule has 0 bridgehead atoms. The molecule has 5 heteroatoms. The Morgan fingerprint density at radius 3 is 3.06 bits per heavy atom. The second-order valence-electron chi connectivity index (χ2n) is 4.11. The van der Waals surface area contributed by atoms with Gasteiger partial charge in [0.1, 0.15) is 0 Å². The number of hydrogen-bond donors (Lipinski definition) is 1. The SMILES string of the molecule is CCC(C)Cn1cc(CNCCOC)nn1. The van der Waals surface area contributed by atoms with Crippen LogP contribution in [0.1, 0.15) is 26.0 Å². The zero-order chi connectivity index (χ0) is 11.8. The first-order chi connectivity index (χ1) is 7.76. The summed E-state index contributed by atoms with van der Waals surface area (Å²) in [4.78, 5) is 0. The highest BCUT2D eigenvalue weighted by Crippen LogP contribution is 2.04. The van der Waals surface area contributed by atoms with Crippen LogP contribution in [0.4, 0.5) is 0 Å². The van der Waals surface area contributed by atoms with Crippen molar-refractivity contribution in [1.29, 1.82) is 0 Å². The van der Waals surface area contributed by atoms with Crippen molar-refractivity contribution in [3.05, 3.63) is 11.9 Å². The van der Waals surface area contributed by atoms with Gasteiger partial charge in [-0.2, -0.15) is 0 Å². The quantitative estimate of drug-likeness (QED) is 0.673. The molecule has 0 aromatic carbocycles. The van der Waals surface area contributed by atoms with Gasteiger partial charge < -0.3 is 10.1 Å². The van der Waals surface area contributed by atoms with E-state index in [0.717, 1.165) is 31.9 Å². The molecule has 1 aromatic rings. The second-order valence-corrected chi connectivity index (χ2v) is 4.11. The normalized spacial score (nSPS) is 12.9. The summed E-state index contributed by atoms with van der Waals surface area (Å²) in [6.45, 7) is 7.67. The third-order valence-corrected chi connectivity index (χ3v) is 2.57. The van der Waals surface area contributed by atoms with Crippen molar-refractivity contribution < 1.29 is 4.74 Å². The second kappa shape index (κ2) is 7.35. The van der Waals surface area contributed by atoms with Gasteiger partial charge in [0.05, 0.1) is 12.3 Å². The maximum absolute atomic E-state index is 4.95. The molecule has 0 fully saturated rings. The van der Waals surface area contributed by atoms with Crippen LogP contribution in [0.25, 0.3) is 0 Å². The van der Waals surface area contributed by atoms with Gasteiger partial charge in [-0.25, -0.2) is 0 Å².